The Morgan fingerprint density at radius 2 is 2.00 bits per heavy atom. The highest BCUT2D eigenvalue weighted by Gasteiger charge is 2.45. The van der Waals surface area contributed by atoms with Crippen molar-refractivity contribution in [2.75, 3.05) is 4.90 Å². The molecule has 1 saturated heterocycles. The average Bonchev–Trinajstić information content (AvgIpc) is 2.83. The number of hydrogen-bond donors (Lipinski definition) is 1. The zero-order valence-corrected chi connectivity index (χ0v) is 14.8. The molecular weight excluding hydrogens is 334 g/mol. The maximum Gasteiger partial charge on any atom is 0.329 e. The molecule has 2 heterocycles. The number of amides is 3. The van der Waals surface area contributed by atoms with Crippen LogP contribution >= 0.6 is 0 Å². The Labute approximate surface area is 151 Å². The predicted octanol–water partition coefficient (Wildman–Crippen LogP) is 2.10. The molecule has 0 radical (unpaired) electrons. The zero-order valence-electron chi connectivity index (χ0n) is 14.8. The monoisotopic (exact) mass is 353 g/mol. The van der Waals surface area contributed by atoms with Crippen LogP contribution in [0.5, 0.6) is 6.01 Å². The Morgan fingerprint density at radius 3 is 2.54 bits per heavy atom. The molecule has 3 amide bonds. The van der Waals surface area contributed by atoms with Gasteiger partial charge in [-0.25, -0.2) is 19.7 Å². The Balaban J connectivity index is 1.84. The van der Waals surface area contributed by atoms with E-state index in [1.165, 1.54) is 12.4 Å². The van der Waals surface area contributed by atoms with Crippen molar-refractivity contribution in [1.82, 2.24) is 15.3 Å². The molecule has 0 saturated carbocycles. The number of ether oxygens (including phenoxy) is 1. The van der Waals surface area contributed by atoms with Gasteiger partial charge in [-0.2, -0.15) is 5.26 Å². The van der Waals surface area contributed by atoms with E-state index in [1.807, 2.05) is 19.1 Å². The Bertz CT molecular complexity index is 837. The van der Waals surface area contributed by atoms with E-state index in [4.69, 9.17) is 4.74 Å². The van der Waals surface area contributed by atoms with E-state index in [9.17, 15) is 14.9 Å². The third-order valence-electron chi connectivity index (χ3n) is 4.53. The lowest BCUT2D eigenvalue weighted by Crippen LogP contribution is -2.41. The fourth-order valence-corrected chi connectivity index (χ4v) is 2.95. The highest BCUT2D eigenvalue weighted by molar-refractivity contribution is 6.22. The van der Waals surface area contributed by atoms with E-state index in [0.29, 0.717) is 6.42 Å². The quantitative estimate of drug-likeness (QED) is 0.831. The number of hydrogen-bond acceptors (Lipinski definition) is 6. The van der Waals surface area contributed by atoms with Crippen LogP contribution in [-0.4, -0.2) is 33.0 Å². The molecule has 0 bridgehead atoms. The molecule has 2 aliphatic rings. The van der Waals surface area contributed by atoms with Crippen molar-refractivity contribution < 1.29 is 14.3 Å². The van der Waals surface area contributed by atoms with Gasteiger partial charge in [0.15, 0.2) is 0 Å². The number of allylic oxidation sites excluding steroid dienone is 2. The Morgan fingerprint density at radius 1 is 1.31 bits per heavy atom. The van der Waals surface area contributed by atoms with Crippen LogP contribution in [0, 0.1) is 17.2 Å². The fourth-order valence-electron chi connectivity index (χ4n) is 2.95. The smallest absolute Gasteiger partial charge is 0.329 e. The first-order chi connectivity index (χ1) is 12.3. The summed E-state index contributed by atoms with van der Waals surface area (Å²) in [6, 6.07) is 1.77. The largest absolute Gasteiger partial charge is 0.451 e. The number of urea groups is 1. The van der Waals surface area contributed by atoms with Gasteiger partial charge in [-0.1, -0.05) is 25.2 Å². The lowest BCUT2D eigenvalue weighted by Gasteiger charge is -2.33. The number of nitrogens with zero attached hydrogens (tertiary/aromatic N) is 4. The summed E-state index contributed by atoms with van der Waals surface area (Å²) in [5.74, 6) is -0.845. The average molecular weight is 353 g/mol. The van der Waals surface area contributed by atoms with Crippen LogP contribution in [0.15, 0.2) is 36.7 Å². The SMILES string of the molecule is CCC1(Oc2ncc(N3C(=O)NC(C)(C)C3=O)cn2)C=CC=CC1C#N. The molecule has 8 heteroatoms. The van der Waals surface area contributed by atoms with Gasteiger partial charge >= 0.3 is 12.0 Å². The van der Waals surface area contributed by atoms with Crippen LogP contribution < -0.4 is 15.0 Å². The molecule has 0 spiro atoms. The van der Waals surface area contributed by atoms with Crippen molar-refractivity contribution in [3.8, 4) is 12.1 Å². The lowest BCUT2D eigenvalue weighted by molar-refractivity contribution is -0.121. The molecular formula is C18H19N5O3. The number of imide groups is 1. The highest BCUT2D eigenvalue weighted by Crippen LogP contribution is 2.32. The fraction of sp³-hybridized carbons (Fsp3) is 0.389. The summed E-state index contributed by atoms with van der Waals surface area (Å²) in [6.07, 6.45) is 10.5. The summed E-state index contributed by atoms with van der Waals surface area (Å²) >= 11 is 0. The first kappa shape index (κ1) is 17.6. The molecule has 2 atom stereocenters. The van der Waals surface area contributed by atoms with Gasteiger partial charge in [0, 0.05) is 0 Å². The molecule has 1 aromatic heterocycles. The van der Waals surface area contributed by atoms with Crippen LogP contribution in [0.4, 0.5) is 10.5 Å². The van der Waals surface area contributed by atoms with Crippen LogP contribution in [0.2, 0.25) is 0 Å². The third kappa shape index (κ3) is 2.81. The van der Waals surface area contributed by atoms with E-state index in [1.54, 1.807) is 26.0 Å². The molecule has 1 aromatic rings. The number of aromatic nitrogens is 2. The van der Waals surface area contributed by atoms with E-state index in [0.717, 1.165) is 4.90 Å². The van der Waals surface area contributed by atoms with Crippen molar-refractivity contribution in [1.29, 1.82) is 5.26 Å². The maximum absolute atomic E-state index is 12.3. The lowest BCUT2D eigenvalue weighted by atomic mass is 9.82. The maximum atomic E-state index is 12.3. The summed E-state index contributed by atoms with van der Waals surface area (Å²) in [5.41, 5.74) is -1.57. The molecule has 134 valence electrons. The standard InChI is InChI=1S/C18H19N5O3/c1-4-18(8-6-5-7-12(18)9-19)26-15-20-10-13(11-21-15)23-14(24)17(2,3)22-16(23)25/h5-8,10-12H,4H2,1-3H3,(H,22,25). The molecule has 3 rings (SSSR count). The van der Waals surface area contributed by atoms with Gasteiger partial charge in [-0.05, 0) is 26.3 Å². The predicted molar refractivity (Wildman–Crippen MR) is 93.2 cm³/mol. The number of nitriles is 1. The van der Waals surface area contributed by atoms with E-state index in [2.05, 4.69) is 21.4 Å². The summed E-state index contributed by atoms with van der Waals surface area (Å²) in [7, 11) is 0. The third-order valence-corrected chi connectivity index (χ3v) is 4.53. The molecule has 1 N–H and O–H groups in total. The van der Waals surface area contributed by atoms with Crippen LogP contribution in [0.1, 0.15) is 27.2 Å². The molecule has 1 aliphatic heterocycles. The Hall–Kier alpha value is -3.21. The molecule has 0 aromatic carbocycles. The highest BCUT2D eigenvalue weighted by atomic mass is 16.5. The van der Waals surface area contributed by atoms with Crippen LogP contribution in [0.3, 0.4) is 0 Å². The Kier molecular flexibility index (Phi) is 4.24. The van der Waals surface area contributed by atoms with Crippen LogP contribution in [0.25, 0.3) is 0 Å². The zero-order chi connectivity index (χ0) is 18.9. The molecule has 26 heavy (non-hydrogen) atoms. The van der Waals surface area contributed by atoms with Crippen LogP contribution in [-0.2, 0) is 4.79 Å². The first-order valence-electron chi connectivity index (χ1n) is 8.26. The summed E-state index contributed by atoms with van der Waals surface area (Å²) in [6.45, 7) is 5.17. The number of nitrogens with one attached hydrogen (secondary N) is 1. The van der Waals surface area contributed by atoms with E-state index < -0.39 is 23.1 Å². The van der Waals surface area contributed by atoms with Crippen molar-refractivity contribution in [3.63, 3.8) is 0 Å². The minimum absolute atomic E-state index is 0.0714. The number of carbonyl (C=O) groups excluding carboxylic acids is 2. The normalized spacial score (nSPS) is 26.5. The molecule has 8 nitrogen and oxygen atoms in total. The first-order valence-corrected chi connectivity index (χ1v) is 8.26. The van der Waals surface area contributed by atoms with Gasteiger partial charge in [0.2, 0.25) is 0 Å². The second kappa shape index (κ2) is 6.26. The van der Waals surface area contributed by atoms with E-state index in [-0.39, 0.29) is 17.6 Å². The molecule has 1 fully saturated rings. The second-order valence-corrected chi connectivity index (χ2v) is 6.68. The van der Waals surface area contributed by atoms with Gasteiger partial charge in [-0.3, -0.25) is 4.79 Å². The minimum Gasteiger partial charge on any atom is -0.451 e. The molecule has 1 aliphatic carbocycles. The minimum atomic E-state index is -0.974. The topological polar surface area (TPSA) is 108 Å². The second-order valence-electron chi connectivity index (χ2n) is 6.68. The number of carbonyl (C=O) groups is 2. The van der Waals surface area contributed by atoms with Gasteiger partial charge < -0.3 is 10.1 Å². The van der Waals surface area contributed by atoms with Crippen molar-refractivity contribution >= 4 is 17.6 Å². The van der Waals surface area contributed by atoms with Crippen molar-refractivity contribution in [3.05, 3.63) is 36.7 Å². The van der Waals surface area contributed by atoms with Gasteiger partial charge in [0.05, 0.1) is 24.2 Å². The summed E-state index contributed by atoms with van der Waals surface area (Å²) < 4.78 is 5.92. The van der Waals surface area contributed by atoms with Gasteiger partial charge in [0.1, 0.15) is 17.1 Å². The van der Waals surface area contributed by atoms with Gasteiger partial charge in [0.25, 0.3) is 5.91 Å². The van der Waals surface area contributed by atoms with E-state index >= 15 is 0 Å². The summed E-state index contributed by atoms with van der Waals surface area (Å²) in [5, 5.41) is 12.0. The van der Waals surface area contributed by atoms with Crippen molar-refractivity contribution in [2.45, 2.75) is 38.3 Å². The van der Waals surface area contributed by atoms with Crippen molar-refractivity contribution in [2.24, 2.45) is 5.92 Å². The summed E-state index contributed by atoms with van der Waals surface area (Å²) in [4.78, 5) is 33.6. The number of anilines is 1. The molecule has 2 unspecified atom stereocenters. The number of rotatable bonds is 4. The van der Waals surface area contributed by atoms with Gasteiger partial charge in [-0.15, -0.1) is 0 Å².